The molecule has 176 valence electrons. The molecule has 1 saturated carbocycles. The third kappa shape index (κ3) is 3.44. The van der Waals surface area contributed by atoms with E-state index in [1.54, 1.807) is 14.0 Å². The van der Waals surface area contributed by atoms with Gasteiger partial charge < -0.3 is 4.74 Å². The number of benzene rings is 1. The number of hydrogen-bond acceptors (Lipinski definition) is 5. The SMILES string of the molecule is Cc1c2nc([C@@H]3CCO[C@H](c4cnn(C5CC5)c4)C3)nc(-c3ccc(F)cc3F)n2c(=O)n1C. The second-order valence-corrected chi connectivity index (χ2v) is 9.18. The molecule has 0 radical (unpaired) electrons. The van der Waals surface area contributed by atoms with Gasteiger partial charge in [0.2, 0.25) is 0 Å². The number of aromatic nitrogens is 6. The van der Waals surface area contributed by atoms with Crippen molar-refractivity contribution in [1.82, 2.24) is 28.7 Å². The van der Waals surface area contributed by atoms with Crippen LogP contribution >= 0.6 is 0 Å². The fourth-order valence-electron chi connectivity index (χ4n) is 4.67. The van der Waals surface area contributed by atoms with E-state index in [1.807, 2.05) is 10.9 Å². The van der Waals surface area contributed by atoms with Gasteiger partial charge in [-0.1, -0.05) is 0 Å². The van der Waals surface area contributed by atoms with Gasteiger partial charge in [-0.2, -0.15) is 5.10 Å². The molecule has 10 heteroatoms. The summed E-state index contributed by atoms with van der Waals surface area (Å²) >= 11 is 0. The molecule has 3 aromatic heterocycles. The highest BCUT2D eigenvalue weighted by molar-refractivity contribution is 5.61. The van der Waals surface area contributed by atoms with Crippen molar-refractivity contribution in [2.75, 3.05) is 6.61 Å². The fraction of sp³-hybridized carbons (Fsp3) is 0.417. The Morgan fingerprint density at radius 3 is 2.74 bits per heavy atom. The Bertz CT molecular complexity index is 1470. The minimum absolute atomic E-state index is 0.0509. The van der Waals surface area contributed by atoms with Crippen LogP contribution in [-0.4, -0.2) is 35.3 Å². The van der Waals surface area contributed by atoms with E-state index in [0.717, 1.165) is 30.5 Å². The topological polar surface area (TPSA) is 79.2 Å². The summed E-state index contributed by atoms with van der Waals surface area (Å²) in [4.78, 5) is 22.3. The smallest absolute Gasteiger partial charge is 0.335 e. The predicted octanol–water partition coefficient (Wildman–Crippen LogP) is 3.85. The van der Waals surface area contributed by atoms with Gasteiger partial charge in [-0.15, -0.1) is 0 Å². The fourth-order valence-corrected chi connectivity index (χ4v) is 4.67. The normalized spacial score (nSPS) is 20.8. The van der Waals surface area contributed by atoms with Crippen LogP contribution < -0.4 is 5.69 Å². The van der Waals surface area contributed by atoms with E-state index in [9.17, 15) is 13.6 Å². The van der Waals surface area contributed by atoms with Crippen molar-refractivity contribution in [1.29, 1.82) is 0 Å². The molecule has 0 unspecified atom stereocenters. The molecule has 0 spiro atoms. The Balaban J connectivity index is 1.44. The zero-order chi connectivity index (χ0) is 23.6. The van der Waals surface area contributed by atoms with Gasteiger partial charge in [0.15, 0.2) is 11.5 Å². The summed E-state index contributed by atoms with van der Waals surface area (Å²) in [5.41, 5.74) is 1.76. The Kier molecular flexibility index (Phi) is 4.87. The van der Waals surface area contributed by atoms with E-state index < -0.39 is 11.6 Å². The third-order valence-electron chi connectivity index (χ3n) is 6.90. The Labute approximate surface area is 193 Å². The minimum Gasteiger partial charge on any atom is -0.373 e. The second-order valence-electron chi connectivity index (χ2n) is 9.18. The molecule has 8 nitrogen and oxygen atoms in total. The summed E-state index contributed by atoms with van der Waals surface area (Å²) in [7, 11) is 1.64. The molecule has 0 N–H and O–H groups in total. The molecule has 4 aromatic rings. The number of hydrogen-bond donors (Lipinski definition) is 0. The zero-order valence-corrected chi connectivity index (χ0v) is 18.9. The van der Waals surface area contributed by atoms with Crippen molar-refractivity contribution < 1.29 is 13.5 Å². The monoisotopic (exact) mass is 466 g/mol. The average molecular weight is 466 g/mol. The Hall–Kier alpha value is -3.40. The molecule has 2 atom stereocenters. The lowest BCUT2D eigenvalue weighted by Crippen LogP contribution is -2.23. The van der Waals surface area contributed by atoms with Crippen LogP contribution in [0.25, 0.3) is 17.0 Å². The standard InChI is InChI=1S/C24H24F2N6O2/c1-13-22-28-21(14-7-8-34-20(9-14)15-11-27-31(12-15)17-4-5-17)29-23(32(22)24(33)30(13)2)18-6-3-16(25)10-19(18)26/h3,6,10-12,14,17,20H,4-5,7-9H2,1-2H3/t14-,20+/m1/s1. The van der Waals surface area contributed by atoms with Crippen LogP contribution in [0, 0.1) is 18.6 Å². The van der Waals surface area contributed by atoms with E-state index in [-0.39, 0.29) is 29.1 Å². The quantitative estimate of drug-likeness (QED) is 0.457. The molecule has 2 fully saturated rings. The average Bonchev–Trinajstić information content (AvgIpc) is 3.53. The first-order valence-electron chi connectivity index (χ1n) is 11.5. The van der Waals surface area contributed by atoms with Gasteiger partial charge in [0.1, 0.15) is 17.5 Å². The first kappa shape index (κ1) is 21.2. The van der Waals surface area contributed by atoms with Crippen LogP contribution in [0.4, 0.5) is 8.78 Å². The van der Waals surface area contributed by atoms with Crippen LogP contribution in [0.2, 0.25) is 0 Å². The summed E-state index contributed by atoms with van der Waals surface area (Å²) in [6.45, 7) is 2.32. The number of aryl methyl sites for hydroxylation is 1. The third-order valence-corrected chi connectivity index (χ3v) is 6.90. The summed E-state index contributed by atoms with van der Waals surface area (Å²) in [6, 6.07) is 3.76. The largest absolute Gasteiger partial charge is 0.373 e. The number of nitrogens with zero attached hydrogens (tertiary/aromatic N) is 6. The molecule has 1 aliphatic carbocycles. The summed E-state index contributed by atoms with van der Waals surface area (Å²) in [5, 5.41) is 4.48. The van der Waals surface area contributed by atoms with Gasteiger partial charge in [0, 0.05) is 37.4 Å². The highest BCUT2D eigenvalue weighted by Crippen LogP contribution is 2.39. The number of halogens is 2. The van der Waals surface area contributed by atoms with Crippen LogP contribution in [0.5, 0.6) is 0 Å². The van der Waals surface area contributed by atoms with E-state index in [4.69, 9.17) is 9.72 Å². The van der Waals surface area contributed by atoms with Gasteiger partial charge in [-0.25, -0.2) is 27.9 Å². The van der Waals surface area contributed by atoms with Gasteiger partial charge in [0.05, 0.1) is 29.6 Å². The lowest BCUT2D eigenvalue weighted by atomic mass is 9.92. The summed E-state index contributed by atoms with van der Waals surface area (Å²) in [5.74, 6) is -0.879. The van der Waals surface area contributed by atoms with Crippen LogP contribution in [0.3, 0.4) is 0 Å². The molecule has 0 amide bonds. The van der Waals surface area contributed by atoms with E-state index in [1.165, 1.54) is 15.0 Å². The molecule has 6 rings (SSSR count). The van der Waals surface area contributed by atoms with Gasteiger partial charge in [0.25, 0.3) is 0 Å². The lowest BCUT2D eigenvalue weighted by molar-refractivity contribution is 0.00393. The van der Waals surface area contributed by atoms with Crippen molar-refractivity contribution in [3.05, 3.63) is 69.8 Å². The molecule has 4 heterocycles. The zero-order valence-electron chi connectivity index (χ0n) is 18.9. The van der Waals surface area contributed by atoms with E-state index >= 15 is 0 Å². The molecular weight excluding hydrogens is 442 g/mol. The Morgan fingerprint density at radius 2 is 1.97 bits per heavy atom. The highest BCUT2D eigenvalue weighted by Gasteiger charge is 2.31. The number of fused-ring (bicyclic) bond motifs is 1. The second kappa shape index (κ2) is 7.83. The van der Waals surface area contributed by atoms with Gasteiger partial charge in [-0.05, 0) is 44.7 Å². The van der Waals surface area contributed by atoms with Gasteiger partial charge in [-0.3, -0.25) is 9.25 Å². The Morgan fingerprint density at radius 1 is 1.15 bits per heavy atom. The maximum atomic E-state index is 14.8. The molecular formula is C24H24F2N6O2. The highest BCUT2D eigenvalue weighted by atomic mass is 19.1. The minimum atomic E-state index is -0.781. The number of imidazole rings is 1. The molecule has 2 aliphatic rings. The van der Waals surface area contributed by atoms with Crippen molar-refractivity contribution in [2.45, 2.75) is 50.7 Å². The van der Waals surface area contributed by atoms with Crippen LogP contribution in [0.1, 0.15) is 60.8 Å². The van der Waals surface area contributed by atoms with Crippen LogP contribution in [-0.2, 0) is 11.8 Å². The first-order chi connectivity index (χ1) is 16.4. The summed E-state index contributed by atoms with van der Waals surface area (Å²) < 4.78 is 39.2. The molecule has 0 bridgehead atoms. The number of ether oxygens (including phenoxy) is 1. The van der Waals surface area contributed by atoms with Crippen molar-refractivity contribution in [3.8, 4) is 11.4 Å². The molecule has 1 aromatic carbocycles. The number of rotatable bonds is 4. The molecule has 1 saturated heterocycles. The maximum absolute atomic E-state index is 14.8. The van der Waals surface area contributed by atoms with Crippen molar-refractivity contribution >= 4 is 5.65 Å². The molecule has 1 aliphatic heterocycles. The predicted molar refractivity (Wildman–Crippen MR) is 119 cm³/mol. The van der Waals surface area contributed by atoms with E-state index in [2.05, 4.69) is 16.3 Å². The van der Waals surface area contributed by atoms with Gasteiger partial charge >= 0.3 is 5.69 Å². The summed E-state index contributed by atoms with van der Waals surface area (Å²) in [6.07, 6.45) is 7.42. The first-order valence-corrected chi connectivity index (χ1v) is 11.5. The lowest BCUT2D eigenvalue weighted by Gasteiger charge is -2.28. The van der Waals surface area contributed by atoms with E-state index in [0.29, 0.717) is 42.7 Å². The maximum Gasteiger partial charge on any atom is 0.335 e. The van der Waals surface area contributed by atoms with Crippen molar-refractivity contribution in [2.24, 2.45) is 7.05 Å². The van der Waals surface area contributed by atoms with Crippen LogP contribution in [0.15, 0.2) is 35.4 Å². The molecule has 34 heavy (non-hydrogen) atoms. The van der Waals surface area contributed by atoms with Crippen molar-refractivity contribution in [3.63, 3.8) is 0 Å².